The molecule has 0 spiro atoms. The number of aryl methyl sites for hydroxylation is 1. The third-order valence-corrected chi connectivity index (χ3v) is 7.21. The number of allylic oxidation sites excluding steroid dienone is 1. The van der Waals surface area contributed by atoms with Crippen LogP contribution >= 0.6 is 0 Å². The molecular formula is C30H32FN5O3. The lowest BCUT2D eigenvalue weighted by Crippen LogP contribution is -2.36. The fraction of sp³-hybridized carbons (Fsp3) is 0.333. The first-order chi connectivity index (χ1) is 18.9. The van der Waals surface area contributed by atoms with Crippen LogP contribution < -0.4 is 14.8 Å². The van der Waals surface area contributed by atoms with E-state index in [0.717, 1.165) is 47.4 Å². The van der Waals surface area contributed by atoms with Crippen molar-refractivity contribution in [2.45, 2.75) is 38.8 Å². The Morgan fingerprint density at radius 2 is 1.95 bits per heavy atom. The zero-order valence-electron chi connectivity index (χ0n) is 22.4. The molecule has 8 nitrogen and oxygen atoms in total. The molecule has 1 aromatic carbocycles. The Bertz CT molecular complexity index is 1420. The first-order valence-electron chi connectivity index (χ1n) is 13.1. The summed E-state index contributed by atoms with van der Waals surface area (Å²) in [4.78, 5) is 27.3. The summed E-state index contributed by atoms with van der Waals surface area (Å²) in [7, 11) is 3.15. The van der Waals surface area contributed by atoms with E-state index in [-0.39, 0.29) is 11.7 Å². The summed E-state index contributed by atoms with van der Waals surface area (Å²) >= 11 is 0. The SMILES string of the molecule is CNC(=O)c1ccc(C2=CCN(C3C=C(c4ncc(C)c(OCc5ccc(OC)cc5)n4)CC3)CC2)c(F)n1. The number of amides is 1. The number of benzene rings is 1. The second-order valence-electron chi connectivity index (χ2n) is 9.70. The third-order valence-electron chi connectivity index (χ3n) is 7.21. The number of ether oxygens (including phenoxy) is 2. The Balaban J connectivity index is 1.23. The van der Waals surface area contributed by atoms with Crippen molar-refractivity contribution >= 4 is 17.1 Å². The van der Waals surface area contributed by atoms with Crippen LogP contribution in [0.25, 0.3) is 11.1 Å². The van der Waals surface area contributed by atoms with Gasteiger partial charge in [-0.2, -0.15) is 9.37 Å². The van der Waals surface area contributed by atoms with Crippen molar-refractivity contribution in [2.75, 3.05) is 27.2 Å². The highest BCUT2D eigenvalue weighted by atomic mass is 19.1. The highest BCUT2D eigenvalue weighted by Gasteiger charge is 2.27. The number of pyridine rings is 1. The van der Waals surface area contributed by atoms with Crippen LogP contribution in [0.4, 0.5) is 4.39 Å². The maximum atomic E-state index is 14.6. The number of carbonyl (C=O) groups excluding carboxylic acids is 1. The fourth-order valence-corrected chi connectivity index (χ4v) is 4.94. The molecule has 0 saturated heterocycles. The zero-order valence-corrected chi connectivity index (χ0v) is 22.4. The summed E-state index contributed by atoms with van der Waals surface area (Å²) in [5, 5.41) is 2.47. The molecule has 1 N–H and O–H groups in total. The molecule has 9 heteroatoms. The van der Waals surface area contributed by atoms with Gasteiger partial charge in [0.25, 0.3) is 5.91 Å². The minimum Gasteiger partial charge on any atom is -0.497 e. The zero-order chi connectivity index (χ0) is 27.4. The number of hydrogen-bond donors (Lipinski definition) is 1. The Labute approximate surface area is 227 Å². The summed E-state index contributed by atoms with van der Waals surface area (Å²) in [6.45, 7) is 3.88. The normalized spacial score (nSPS) is 17.4. The first kappa shape index (κ1) is 26.5. The van der Waals surface area contributed by atoms with Crippen LogP contribution in [-0.2, 0) is 6.61 Å². The van der Waals surface area contributed by atoms with Gasteiger partial charge in [-0.05, 0) is 67.2 Å². The molecule has 2 aromatic heterocycles. The van der Waals surface area contributed by atoms with Crippen molar-refractivity contribution in [1.29, 1.82) is 0 Å². The van der Waals surface area contributed by atoms with E-state index in [1.807, 2.05) is 37.4 Å². The van der Waals surface area contributed by atoms with Gasteiger partial charge in [0, 0.05) is 43.5 Å². The maximum Gasteiger partial charge on any atom is 0.269 e. The average molecular weight is 530 g/mol. The van der Waals surface area contributed by atoms with Crippen LogP contribution in [0.5, 0.6) is 11.6 Å². The van der Waals surface area contributed by atoms with Crippen molar-refractivity contribution in [3.63, 3.8) is 0 Å². The summed E-state index contributed by atoms with van der Waals surface area (Å²) in [6, 6.07) is 11.3. The standard InChI is InChI=1S/C30H32FN5O3/c1-19-17-33-28(35-30(19)39-18-20-4-8-24(38-3)9-5-20)22-6-7-23(16-22)36-14-12-21(13-15-36)25-10-11-26(29(37)32-2)34-27(25)31/h4-5,8-12,16-17,23H,6-7,13-15,18H2,1-3H3,(H,32,37). The van der Waals surface area contributed by atoms with E-state index in [0.29, 0.717) is 36.8 Å². The first-order valence-corrected chi connectivity index (χ1v) is 13.1. The lowest BCUT2D eigenvalue weighted by molar-refractivity contribution is 0.0957. The van der Waals surface area contributed by atoms with E-state index in [2.05, 4.69) is 32.3 Å². The molecule has 0 radical (unpaired) electrons. The number of halogens is 1. The number of hydrogen-bond acceptors (Lipinski definition) is 7. The van der Waals surface area contributed by atoms with Crippen molar-refractivity contribution in [3.05, 3.63) is 88.9 Å². The minimum absolute atomic E-state index is 0.0769. The second kappa shape index (κ2) is 11.7. The predicted molar refractivity (Wildman–Crippen MR) is 147 cm³/mol. The van der Waals surface area contributed by atoms with Gasteiger partial charge in [-0.25, -0.2) is 9.97 Å². The molecule has 1 aliphatic heterocycles. The molecule has 1 atom stereocenters. The van der Waals surface area contributed by atoms with Gasteiger partial charge in [0.1, 0.15) is 18.1 Å². The van der Waals surface area contributed by atoms with Gasteiger partial charge in [0.05, 0.1) is 7.11 Å². The Kier molecular flexibility index (Phi) is 7.97. The number of aromatic nitrogens is 3. The molecule has 5 rings (SSSR count). The topological polar surface area (TPSA) is 89.5 Å². The quantitative estimate of drug-likeness (QED) is 0.427. The van der Waals surface area contributed by atoms with E-state index < -0.39 is 11.9 Å². The summed E-state index contributed by atoms with van der Waals surface area (Å²) in [5.74, 6) is 1.08. The van der Waals surface area contributed by atoms with Gasteiger partial charge in [-0.3, -0.25) is 9.69 Å². The smallest absolute Gasteiger partial charge is 0.269 e. The summed E-state index contributed by atoms with van der Waals surface area (Å²) < 4.78 is 25.9. The van der Waals surface area contributed by atoms with E-state index in [1.165, 1.54) is 7.05 Å². The molecule has 3 heterocycles. The molecular weight excluding hydrogens is 497 g/mol. The van der Waals surface area contributed by atoms with Crippen molar-refractivity contribution in [3.8, 4) is 11.6 Å². The van der Waals surface area contributed by atoms with Gasteiger partial charge < -0.3 is 14.8 Å². The predicted octanol–water partition coefficient (Wildman–Crippen LogP) is 4.60. The second-order valence-corrected chi connectivity index (χ2v) is 9.70. The number of nitrogens with one attached hydrogen (secondary N) is 1. The van der Waals surface area contributed by atoms with Gasteiger partial charge in [-0.15, -0.1) is 0 Å². The van der Waals surface area contributed by atoms with Crippen molar-refractivity contribution in [1.82, 2.24) is 25.2 Å². The third kappa shape index (κ3) is 5.98. The van der Waals surface area contributed by atoms with Crippen LogP contribution in [-0.4, -0.2) is 59.0 Å². The molecule has 0 saturated carbocycles. The lowest BCUT2D eigenvalue weighted by Gasteiger charge is -2.30. The van der Waals surface area contributed by atoms with E-state index in [4.69, 9.17) is 14.5 Å². The highest BCUT2D eigenvalue weighted by Crippen LogP contribution is 2.33. The van der Waals surface area contributed by atoms with Crippen LogP contribution in [0, 0.1) is 12.9 Å². The number of nitrogens with zero attached hydrogens (tertiary/aromatic N) is 4. The summed E-state index contributed by atoms with van der Waals surface area (Å²) in [6.07, 6.45) is 8.70. The maximum absolute atomic E-state index is 14.6. The van der Waals surface area contributed by atoms with Crippen molar-refractivity contribution in [2.24, 2.45) is 0 Å². The minimum atomic E-state index is -0.611. The van der Waals surface area contributed by atoms with E-state index >= 15 is 0 Å². The summed E-state index contributed by atoms with van der Waals surface area (Å²) in [5.41, 5.74) is 4.49. The van der Waals surface area contributed by atoms with Crippen LogP contribution in [0.15, 0.2) is 54.7 Å². The molecule has 39 heavy (non-hydrogen) atoms. The Morgan fingerprint density at radius 1 is 1.13 bits per heavy atom. The number of rotatable bonds is 8. The average Bonchev–Trinajstić information content (AvgIpc) is 3.47. The highest BCUT2D eigenvalue weighted by molar-refractivity contribution is 5.92. The largest absolute Gasteiger partial charge is 0.497 e. The Hall–Kier alpha value is -4.11. The van der Waals surface area contributed by atoms with Gasteiger partial charge in [-0.1, -0.05) is 24.3 Å². The number of methoxy groups -OCH3 is 1. The molecule has 0 bridgehead atoms. The van der Waals surface area contributed by atoms with Crippen LogP contribution in [0.2, 0.25) is 0 Å². The van der Waals surface area contributed by atoms with Gasteiger partial charge >= 0.3 is 0 Å². The van der Waals surface area contributed by atoms with E-state index in [1.54, 1.807) is 19.2 Å². The monoisotopic (exact) mass is 529 g/mol. The van der Waals surface area contributed by atoms with E-state index in [9.17, 15) is 9.18 Å². The molecule has 2 aliphatic rings. The number of carbonyl (C=O) groups is 1. The van der Waals surface area contributed by atoms with Crippen molar-refractivity contribution < 1.29 is 18.7 Å². The Morgan fingerprint density at radius 3 is 2.64 bits per heavy atom. The molecule has 202 valence electrons. The van der Waals surface area contributed by atoms with Gasteiger partial charge in [0.15, 0.2) is 5.82 Å². The fourth-order valence-electron chi connectivity index (χ4n) is 4.94. The van der Waals surface area contributed by atoms with Crippen LogP contribution in [0.3, 0.4) is 0 Å². The molecule has 1 aliphatic carbocycles. The molecule has 3 aromatic rings. The van der Waals surface area contributed by atoms with Gasteiger partial charge in [0.2, 0.25) is 11.8 Å². The molecule has 0 fully saturated rings. The lowest BCUT2D eigenvalue weighted by atomic mass is 9.99. The molecule has 1 unspecified atom stereocenters. The van der Waals surface area contributed by atoms with Crippen LogP contribution in [0.1, 0.15) is 52.3 Å². The molecule has 1 amide bonds.